The smallest absolute Gasteiger partial charge is 0.125 e. The van der Waals surface area contributed by atoms with Crippen LogP contribution < -0.4 is 4.74 Å². The molecule has 0 aliphatic carbocycles. The summed E-state index contributed by atoms with van der Waals surface area (Å²) in [7, 11) is 0. The second kappa shape index (κ2) is 5.54. The predicted octanol–water partition coefficient (Wildman–Crippen LogP) is 3.68. The van der Waals surface area contributed by atoms with Gasteiger partial charge in [0.1, 0.15) is 12.4 Å². The molecule has 0 saturated heterocycles. The summed E-state index contributed by atoms with van der Waals surface area (Å²) >= 11 is 9.03. The normalized spacial score (nSPS) is 12.3. The number of halogens is 2. The molecule has 1 aromatic carbocycles. The van der Waals surface area contributed by atoms with E-state index >= 15 is 0 Å². The van der Waals surface area contributed by atoms with Crippen LogP contribution in [0.2, 0.25) is 5.02 Å². The van der Waals surface area contributed by atoms with Gasteiger partial charge in [0, 0.05) is 15.1 Å². The van der Waals surface area contributed by atoms with Crippen LogP contribution in [0.25, 0.3) is 0 Å². The average Bonchev–Trinajstić information content (AvgIpc) is 2.15. The van der Waals surface area contributed by atoms with Crippen LogP contribution in [-0.2, 0) is 0 Å². The van der Waals surface area contributed by atoms with Crippen molar-refractivity contribution in [1.29, 1.82) is 0 Å². The largest absolute Gasteiger partial charge is 0.488 e. The van der Waals surface area contributed by atoms with E-state index in [1.54, 1.807) is 25.1 Å². The Kier molecular flexibility index (Phi) is 4.64. The van der Waals surface area contributed by atoms with Crippen LogP contribution in [0.4, 0.5) is 0 Å². The number of aliphatic hydroxyl groups excluding tert-OH is 1. The molecule has 0 aliphatic heterocycles. The van der Waals surface area contributed by atoms with E-state index in [1.807, 2.05) is 0 Å². The van der Waals surface area contributed by atoms with Gasteiger partial charge in [0.05, 0.1) is 6.10 Å². The van der Waals surface area contributed by atoms with Crippen molar-refractivity contribution in [2.75, 3.05) is 6.61 Å². The molecule has 1 rings (SSSR count). The van der Waals surface area contributed by atoms with E-state index in [0.29, 0.717) is 22.9 Å². The highest BCUT2D eigenvalue weighted by Gasteiger charge is 2.09. The molecule has 82 valence electrons. The van der Waals surface area contributed by atoms with E-state index in [-0.39, 0.29) is 0 Å². The maximum Gasteiger partial charge on any atom is 0.125 e. The van der Waals surface area contributed by atoms with Crippen molar-refractivity contribution in [2.24, 2.45) is 0 Å². The van der Waals surface area contributed by atoms with Crippen molar-refractivity contribution in [3.8, 4) is 5.75 Å². The third kappa shape index (κ3) is 3.86. The standard InChI is InChI=1S/C11H12BrClO2/c1-7(12)6-15-11-4-3-9(13)5-10(11)8(2)14/h3-5,8,14H,1,6H2,2H3/t8-/m1/s1. The predicted molar refractivity (Wildman–Crippen MR) is 65.6 cm³/mol. The SMILES string of the molecule is C=C(Br)COc1ccc(Cl)cc1[C@@H](C)O. The average molecular weight is 292 g/mol. The summed E-state index contributed by atoms with van der Waals surface area (Å²) in [5.41, 5.74) is 0.677. The molecule has 0 bridgehead atoms. The van der Waals surface area contributed by atoms with E-state index in [4.69, 9.17) is 16.3 Å². The van der Waals surface area contributed by atoms with Gasteiger partial charge in [0.2, 0.25) is 0 Å². The summed E-state index contributed by atoms with van der Waals surface area (Å²) in [4.78, 5) is 0. The van der Waals surface area contributed by atoms with Crippen LogP contribution in [0.5, 0.6) is 5.75 Å². The second-order valence-electron chi connectivity index (χ2n) is 3.16. The Morgan fingerprint density at radius 2 is 2.33 bits per heavy atom. The van der Waals surface area contributed by atoms with Gasteiger partial charge in [-0.15, -0.1) is 0 Å². The van der Waals surface area contributed by atoms with Crippen LogP contribution in [0.15, 0.2) is 29.3 Å². The minimum Gasteiger partial charge on any atom is -0.488 e. The minimum absolute atomic E-state index is 0.362. The molecule has 0 aromatic heterocycles. The van der Waals surface area contributed by atoms with Gasteiger partial charge in [-0.05, 0) is 25.1 Å². The molecule has 0 unspecified atom stereocenters. The van der Waals surface area contributed by atoms with Crippen molar-refractivity contribution in [3.63, 3.8) is 0 Å². The van der Waals surface area contributed by atoms with E-state index < -0.39 is 6.10 Å². The van der Waals surface area contributed by atoms with E-state index in [9.17, 15) is 5.11 Å². The van der Waals surface area contributed by atoms with Gasteiger partial charge >= 0.3 is 0 Å². The molecule has 15 heavy (non-hydrogen) atoms. The fourth-order valence-electron chi connectivity index (χ4n) is 1.13. The molecular formula is C11H12BrClO2. The second-order valence-corrected chi connectivity index (χ2v) is 4.72. The number of ether oxygens (including phenoxy) is 1. The third-order valence-electron chi connectivity index (χ3n) is 1.81. The van der Waals surface area contributed by atoms with Crippen LogP contribution in [0, 0.1) is 0 Å². The number of hydrogen-bond acceptors (Lipinski definition) is 2. The topological polar surface area (TPSA) is 29.5 Å². The van der Waals surface area contributed by atoms with E-state index in [2.05, 4.69) is 22.5 Å². The molecule has 0 amide bonds. The number of benzene rings is 1. The molecular weight excluding hydrogens is 279 g/mol. The summed E-state index contributed by atoms with van der Waals surface area (Å²) in [5.74, 6) is 0.620. The fraction of sp³-hybridized carbons (Fsp3) is 0.273. The summed E-state index contributed by atoms with van der Waals surface area (Å²) in [5, 5.41) is 10.1. The Labute approximate surface area is 103 Å². The summed E-state index contributed by atoms with van der Waals surface area (Å²) in [6.07, 6.45) is -0.609. The molecule has 1 N–H and O–H groups in total. The fourth-order valence-corrected chi connectivity index (χ4v) is 1.43. The first-order valence-electron chi connectivity index (χ1n) is 4.44. The Bertz CT molecular complexity index is 364. The third-order valence-corrected chi connectivity index (χ3v) is 2.27. The van der Waals surface area contributed by atoms with Crippen molar-refractivity contribution >= 4 is 27.5 Å². The number of aliphatic hydroxyl groups is 1. The van der Waals surface area contributed by atoms with Gasteiger partial charge in [-0.3, -0.25) is 0 Å². The van der Waals surface area contributed by atoms with Crippen molar-refractivity contribution in [2.45, 2.75) is 13.0 Å². The first-order chi connectivity index (χ1) is 7.00. The first kappa shape index (κ1) is 12.6. The zero-order valence-corrected chi connectivity index (χ0v) is 10.7. The molecule has 2 nitrogen and oxygen atoms in total. The first-order valence-corrected chi connectivity index (χ1v) is 5.61. The van der Waals surface area contributed by atoms with Crippen LogP contribution in [0.1, 0.15) is 18.6 Å². The summed E-state index contributed by atoms with van der Waals surface area (Å²) in [6, 6.07) is 5.15. The van der Waals surface area contributed by atoms with Gasteiger partial charge < -0.3 is 9.84 Å². The molecule has 0 heterocycles. The molecule has 0 saturated carbocycles. The number of hydrogen-bond donors (Lipinski definition) is 1. The number of rotatable bonds is 4. The minimum atomic E-state index is -0.609. The quantitative estimate of drug-likeness (QED) is 0.917. The van der Waals surface area contributed by atoms with Gasteiger partial charge in [-0.1, -0.05) is 34.1 Å². The summed E-state index contributed by atoms with van der Waals surface area (Å²) in [6.45, 7) is 5.70. The highest BCUT2D eigenvalue weighted by molar-refractivity contribution is 9.11. The van der Waals surface area contributed by atoms with E-state index in [1.165, 1.54) is 0 Å². The highest BCUT2D eigenvalue weighted by atomic mass is 79.9. The van der Waals surface area contributed by atoms with Crippen LogP contribution in [-0.4, -0.2) is 11.7 Å². The van der Waals surface area contributed by atoms with Crippen LogP contribution >= 0.6 is 27.5 Å². The zero-order chi connectivity index (χ0) is 11.4. The maximum atomic E-state index is 9.52. The van der Waals surface area contributed by atoms with Gasteiger partial charge in [-0.25, -0.2) is 0 Å². The Morgan fingerprint density at radius 1 is 1.67 bits per heavy atom. The van der Waals surface area contributed by atoms with Crippen LogP contribution in [0.3, 0.4) is 0 Å². The molecule has 0 spiro atoms. The van der Waals surface area contributed by atoms with Gasteiger partial charge in [-0.2, -0.15) is 0 Å². The molecule has 0 fully saturated rings. The van der Waals surface area contributed by atoms with Crippen molar-refractivity contribution in [1.82, 2.24) is 0 Å². The summed E-state index contributed by atoms with van der Waals surface area (Å²) < 4.78 is 6.19. The Balaban J connectivity index is 2.90. The Morgan fingerprint density at radius 3 is 2.87 bits per heavy atom. The van der Waals surface area contributed by atoms with Gasteiger partial charge in [0.25, 0.3) is 0 Å². The van der Waals surface area contributed by atoms with Gasteiger partial charge in [0.15, 0.2) is 0 Å². The lowest BCUT2D eigenvalue weighted by molar-refractivity contribution is 0.193. The Hall–Kier alpha value is -0.510. The lowest BCUT2D eigenvalue weighted by Gasteiger charge is -2.13. The van der Waals surface area contributed by atoms with Crippen molar-refractivity contribution in [3.05, 3.63) is 39.8 Å². The monoisotopic (exact) mass is 290 g/mol. The zero-order valence-electron chi connectivity index (χ0n) is 8.34. The lowest BCUT2D eigenvalue weighted by atomic mass is 10.1. The lowest BCUT2D eigenvalue weighted by Crippen LogP contribution is -2.01. The highest BCUT2D eigenvalue weighted by Crippen LogP contribution is 2.28. The van der Waals surface area contributed by atoms with Crippen molar-refractivity contribution < 1.29 is 9.84 Å². The molecule has 1 aromatic rings. The molecule has 4 heteroatoms. The maximum absolute atomic E-state index is 9.52. The molecule has 1 atom stereocenters. The molecule has 0 aliphatic rings. The van der Waals surface area contributed by atoms with E-state index in [0.717, 1.165) is 4.48 Å². The molecule has 0 radical (unpaired) electrons.